The molecule has 1 N–H and O–H groups in total. The summed E-state index contributed by atoms with van der Waals surface area (Å²) < 4.78 is 5.82. The maximum absolute atomic E-state index is 8.63. The molecule has 1 saturated heterocycles. The standard InChI is InChI=1S/C12H15N3O/c13-8-10-3-4-12(9-15-10)16-11-2-1-6-14-7-5-11/h3-4,9,11,14H,1-2,5-7H2. The van der Waals surface area contributed by atoms with E-state index in [1.807, 2.05) is 12.1 Å². The molecule has 4 heteroatoms. The van der Waals surface area contributed by atoms with Gasteiger partial charge in [0.25, 0.3) is 0 Å². The van der Waals surface area contributed by atoms with E-state index in [2.05, 4.69) is 10.3 Å². The van der Waals surface area contributed by atoms with Gasteiger partial charge in [-0.3, -0.25) is 0 Å². The smallest absolute Gasteiger partial charge is 0.140 e. The Morgan fingerprint density at radius 2 is 2.31 bits per heavy atom. The first-order chi connectivity index (χ1) is 7.88. The summed E-state index contributed by atoms with van der Waals surface area (Å²) >= 11 is 0. The first-order valence-electron chi connectivity index (χ1n) is 5.62. The monoisotopic (exact) mass is 217 g/mol. The average molecular weight is 217 g/mol. The summed E-state index contributed by atoms with van der Waals surface area (Å²) in [5.74, 6) is 0.755. The van der Waals surface area contributed by atoms with Gasteiger partial charge in [0.05, 0.1) is 6.20 Å². The SMILES string of the molecule is N#Cc1ccc(OC2CCCNCC2)cn1. The molecule has 0 bridgehead atoms. The Morgan fingerprint density at radius 3 is 3.06 bits per heavy atom. The molecule has 0 amide bonds. The van der Waals surface area contributed by atoms with Crippen molar-refractivity contribution in [2.75, 3.05) is 13.1 Å². The number of hydrogen-bond donors (Lipinski definition) is 1. The second-order valence-electron chi connectivity index (χ2n) is 3.91. The van der Waals surface area contributed by atoms with Crippen LogP contribution in [0.1, 0.15) is 25.0 Å². The zero-order valence-electron chi connectivity index (χ0n) is 9.15. The highest BCUT2D eigenvalue weighted by Gasteiger charge is 2.13. The van der Waals surface area contributed by atoms with E-state index < -0.39 is 0 Å². The number of aromatic nitrogens is 1. The van der Waals surface area contributed by atoms with Crippen LogP contribution in [0.4, 0.5) is 0 Å². The van der Waals surface area contributed by atoms with E-state index in [0.717, 1.165) is 38.1 Å². The number of ether oxygens (including phenoxy) is 1. The predicted molar refractivity (Wildman–Crippen MR) is 60.1 cm³/mol. The van der Waals surface area contributed by atoms with Gasteiger partial charge in [0, 0.05) is 0 Å². The van der Waals surface area contributed by atoms with E-state index >= 15 is 0 Å². The minimum Gasteiger partial charge on any atom is -0.489 e. The van der Waals surface area contributed by atoms with Crippen molar-refractivity contribution in [2.45, 2.75) is 25.4 Å². The first-order valence-corrected chi connectivity index (χ1v) is 5.62. The van der Waals surface area contributed by atoms with Gasteiger partial charge in [-0.25, -0.2) is 4.98 Å². The van der Waals surface area contributed by atoms with Crippen molar-refractivity contribution in [3.05, 3.63) is 24.0 Å². The van der Waals surface area contributed by atoms with Gasteiger partial charge in [0.2, 0.25) is 0 Å². The highest BCUT2D eigenvalue weighted by Crippen LogP contribution is 2.16. The molecule has 0 saturated carbocycles. The van der Waals surface area contributed by atoms with Crippen LogP contribution in [0.2, 0.25) is 0 Å². The average Bonchev–Trinajstić information content (AvgIpc) is 2.59. The van der Waals surface area contributed by atoms with Crippen molar-refractivity contribution in [3.8, 4) is 11.8 Å². The summed E-state index contributed by atoms with van der Waals surface area (Å²) in [7, 11) is 0. The Balaban J connectivity index is 1.94. The third kappa shape index (κ3) is 2.94. The van der Waals surface area contributed by atoms with Gasteiger partial charge in [0.1, 0.15) is 23.6 Å². The molecule has 16 heavy (non-hydrogen) atoms. The summed E-state index contributed by atoms with van der Waals surface area (Å²) in [6.07, 6.45) is 5.14. The Hall–Kier alpha value is -1.60. The van der Waals surface area contributed by atoms with Crippen molar-refractivity contribution in [2.24, 2.45) is 0 Å². The fourth-order valence-electron chi connectivity index (χ4n) is 1.81. The zero-order valence-corrected chi connectivity index (χ0v) is 9.15. The van der Waals surface area contributed by atoms with Gasteiger partial charge in [-0.05, 0) is 44.5 Å². The van der Waals surface area contributed by atoms with E-state index in [0.29, 0.717) is 5.69 Å². The van der Waals surface area contributed by atoms with Gasteiger partial charge in [-0.1, -0.05) is 0 Å². The van der Waals surface area contributed by atoms with Crippen LogP contribution in [0.25, 0.3) is 0 Å². The molecule has 0 radical (unpaired) electrons. The number of nitriles is 1. The molecular weight excluding hydrogens is 202 g/mol. The summed E-state index contributed by atoms with van der Waals surface area (Å²) in [5.41, 5.74) is 0.426. The van der Waals surface area contributed by atoms with Crippen LogP contribution >= 0.6 is 0 Å². The predicted octanol–water partition coefficient (Wildman–Crippen LogP) is 1.47. The molecule has 0 aliphatic carbocycles. The van der Waals surface area contributed by atoms with Gasteiger partial charge in [-0.15, -0.1) is 0 Å². The van der Waals surface area contributed by atoms with Crippen molar-refractivity contribution < 1.29 is 4.74 Å². The molecule has 0 spiro atoms. The summed E-state index contributed by atoms with van der Waals surface area (Å²) in [5, 5.41) is 12.0. The Kier molecular flexibility index (Phi) is 3.73. The van der Waals surface area contributed by atoms with Crippen molar-refractivity contribution >= 4 is 0 Å². The normalized spacial score (nSPS) is 20.8. The summed E-state index contributed by atoms with van der Waals surface area (Å²) in [4.78, 5) is 3.98. The Labute approximate surface area is 95.3 Å². The van der Waals surface area contributed by atoms with E-state index in [1.165, 1.54) is 0 Å². The molecule has 2 rings (SSSR count). The first kappa shape index (κ1) is 10.9. The van der Waals surface area contributed by atoms with E-state index in [1.54, 1.807) is 12.3 Å². The lowest BCUT2D eigenvalue weighted by atomic mass is 10.1. The molecule has 0 aromatic carbocycles. The van der Waals surface area contributed by atoms with Crippen LogP contribution in [-0.2, 0) is 0 Å². The number of hydrogen-bond acceptors (Lipinski definition) is 4. The third-order valence-corrected chi connectivity index (χ3v) is 2.68. The van der Waals surface area contributed by atoms with E-state index in [-0.39, 0.29) is 6.10 Å². The molecule has 2 heterocycles. The molecule has 1 atom stereocenters. The minimum atomic E-state index is 0.268. The molecule has 1 fully saturated rings. The van der Waals surface area contributed by atoms with E-state index in [9.17, 15) is 0 Å². The summed E-state index contributed by atoms with van der Waals surface area (Å²) in [6, 6.07) is 5.49. The maximum atomic E-state index is 8.63. The molecule has 84 valence electrons. The Morgan fingerprint density at radius 1 is 1.38 bits per heavy atom. The topological polar surface area (TPSA) is 57.9 Å². The lowest BCUT2D eigenvalue weighted by Crippen LogP contribution is -2.19. The van der Waals surface area contributed by atoms with Crippen molar-refractivity contribution in [1.82, 2.24) is 10.3 Å². The van der Waals surface area contributed by atoms with Crippen LogP contribution in [0.15, 0.2) is 18.3 Å². The fraction of sp³-hybridized carbons (Fsp3) is 0.500. The highest BCUT2D eigenvalue weighted by molar-refractivity contribution is 5.26. The number of rotatable bonds is 2. The van der Waals surface area contributed by atoms with Crippen LogP contribution in [0.5, 0.6) is 5.75 Å². The maximum Gasteiger partial charge on any atom is 0.140 e. The van der Waals surface area contributed by atoms with Gasteiger partial charge < -0.3 is 10.1 Å². The van der Waals surface area contributed by atoms with Gasteiger partial charge in [0.15, 0.2) is 0 Å². The number of nitrogens with one attached hydrogen (secondary N) is 1. The van der Waals surface area contributed by atoms with Crippen LogP contribution in [-0.4, -0.2) is 24.2 Å². The third-order valence-electron chi connectivity index (χ3n) is 2.68. The number of nitrogens with zero attached hydrogens (tertiary/aromatic N) is 2. The molecule has 1 aliphatic heterocycles. The molecule has 1 unspecified atom stereocenters. The minimum absolute atomic E-state index is 0.268. The molecule has 1 aromatic heterocycles. The fourth-order valence-corrected chi connectivity index (χ4v) is 1.81. The summed E-state index contributed by atoms with van der Waals surface area (Å²) in [6.45, 7) is 2.08. The second-order valence-corrected chi connectivity index (χ2v) is 3.91. The molecule has 1 aromatic rings. The van der Waals surface area contributed by atoms with Crippen LogP contribution in [0.3, 0.4) is 0 Å². The lowest BCUT2D eigenvalue weighted by molar-refractivity contribution is 0.187. The van der Waals surface area contributed by atoms with Crippen molar-refractivity contribution in [1.29, 1.82) is 5.26 Å². The van der Waals surface area contributed by atoms with Crippen molar-refractivity contribution in [3.63, 3.8) is 0 Å². The molecular formula is C12H15N3O. The molecule has 1 aliphatic rings. The Bertz CT molecular complexity index is 361. The van der Waals surface area contributed by atoms with Crippen LogP contribution in [0, 0.1) is 11.3 Å². The van der Waals surface area contributed by atoms with Gasteiger partial charge >= 0.3 is 0 Å². The second kappa shape index (κ2) is 5.47. The highest BCUT2D eigenvalue weighted by atomic mass is 16.5. The van der Waals surface area contributed by atoms with Gasteiger partial charge in [-0.2, -0.15) is 5.26 Å². The molecule has 4 nitrogen and oxygen atoms in total. The largest absolute Gasteiger partial charge is 0.489 e. The zero-order chi connectivity index (χ0) is 11.2. The quantitative estimate of drug-likeness (QED) is 0.815. The van der Waals surface area contributed by atoms with E-state index in [4.69, 9.17) is 10.00 Å². The van der Waals surface area contributed by atoms with Crippen LogP contribution < -0.4 is 10.1 Å². The number of pyridine rings is 1. The lowest BCUT2D eigenvalue weighted by Gasteiger charge is -2.16.